The standard InChI is InChI=1S/C9H7Cl2N3O/c10-6-2-1-5(3-7(6)11)14-9(15)4-8(12)13-14/h1-3H,4H2,(H2,12,13). The Kier molecular flexibility index (Phi) is 2.54. The fourth-order valence-corrected chi connectivity index (χ4v) is 1.56. The van der Waals surface area contributed by atoms with Gasteiger partial charge in [0.15, 0.2) is 0 Å². The molecule has 4 nitrogen and oxygen atoms in total. The lowest BCUT2D eigenvalue weighted by molar-refractivity contribution is -0.116. The van der Waals surface area contributed by atoms with Gasteiger partial charge in [-0.15, -0.1) is 0 Å². The van der Waals surface area contributed by atoms with Crippen molar-refractivity contribution in [2.75, 3.05) is 5.01 Å². The van der Waals surface area contributed by atoms with Crippen LogP contribution in [0.1, 0.15) is 6.42 Å². The predicted molar refractivity (Wildman–Crippen MR) is 60.2 cm³/mol. The van der Waals surface area contributed by atoms with Crippen molar-refractivity contribution in [2.45, 2.75) is 6.42 Å². The second-order valence-corrected chi connectivity index (χ2v) is 3.89. The zero-order valence-corrected chi connectivity index (χ0v) is 9.09. The van der Waals surface area contributed by atoms with Crippen molar-refractivity contribution in [3.05, 3.63) is 28.2 Å². The van der Waals surface area contributed by atoms with E-state index in [2.05, 4.69) is 5.10 Å². The van der Waals surface area contributed by atoms with Crippen LogP contribution in [0.4, 0.5) is 5.69 Å². The molecule has 1 heterocycles. The maximum Gasteiger partial charge on any atom is 0.255 e. The molecule has 0 fully saturated rings. The van der Waals surface area contributed by atoms with Gasteiger partial charge in [0.25, 0.3) is 5.91 Å². The molecule has 0 radical (unpaired) electrons. The summed E-state index contributed by atoms with van der Waals surface area (Å²) in [7, 11) is 0. The number of benzene rings is 1. The zero-order valence-electron chi connectivity index (χ0n) is 7.58. The zero-order chi connectivity index (χ0) is 11.0. The average molecular weight is 244 g/mol. The van der Waals surface area contributed by atoms with Crippen molar-refractivity contribution in [3.8, 4) is 0 Å². The Morgan fingerprint density at radius 1 is 1.33 bits per heavy atom. The van der Waals surface area contributed by atoms with E-state index in [0.717, 1.165) is 0 Å². The summed E-state index contributed by atoms with van der Waals surface area (Å²) >= 11 is 11.6. The smallest absolute Gasteiger partial charge is 0.255 e. The lowest BCUT2D eigenvalue weighted by Crippen LogP contribution is -2.19. The molecule has 1 aliphatic heterocycles. The Hall–Kier alpha value is -1.26. The molecule has 15 heavy (non-hydrogen) atoms. The first-order valence-corrected chi connectivity index (χ1v) is 4.94. The number of hydrazone groups is 1. The van der Waals surface area contributed by atoms with Crippen LogP contribution in [-0.4, -0.2) is 11.7 Å². The van der Waals surface area contributed by atoms with Gasteiger partial charge in [-0.3, -0.25) is 4.79 Å². The van der Waals surface area contributed by atoms with Gasteiger partial charge in [-0.2, -0.15) is 10.1 Å². The Morgan fingerprint density at radius 2 is 2.07 bits per heavy atom. The molecular weight excluding hydrogens is 237 g/mol. The van der Waals surface area contributed by atoms with Gasteiger partial charge in [0.1, 0.15) is 5.84 Å². The number of nitrogens with zero attached hydrogens (tertiary/aromatic N) is 2. The molecule has 6 heteroatoms. The number of carbonyl (C=O) groups is 1. The summed E-state index contributed by atoms with van der Waals surface area (Å²) < 4.78 is 0. The van der Waals surface area contributed by atoms with E-state index in [1.807, 2.05) is 0 Å². The normalized spacial score (nSPS) is 15.7. The molecule has 1 aromatic rings. The summed E-state index contributed by atoms with van der Waals surface area (Å²) in [6.45, 7) is 0. The molecule has 0 bridgehead atoms. The fourth-order valence-electron chi connectivity index (χ4n) is 1.27. The third-order valence-corrected chi connectivity index (χ3v) is 2.68. The van der Waals surface area contributed by atoms with Gasteiger partial charge in [-0.25, -0.2) is 0 Å². The topological polar surface area (TPSA) is 58.7 Å². The maximum atomic E-state index is 11.4. The molecule has 0 aliphatic carbocycles. The van der Waals surface area contributed by atoms with Gasteiger partial charge in [-0.1, -0.05) is 23.2 Å². The molecule has 0 saturated carbocycles. The molecule has 0 unspecified atom stereocenters. The molecule has 1 aliphatic rings. The minimum absolute atomic E-state index is 0.139. The number of halogens is 2. The Labute approximate surface area is 96.3 Å². The quantitative estimate of drug-likeness (QED) is 0.821. The maximum absolute atomic E-state index is 11.4. The molecule has 78 valence electrons. The van der Waals surface area contributed by atoms with Crippen molar-refractivity contribution >= 4 is 40.6 Å². The monoisotopic (exact) mass is 243 g/mol. The van der Waals surface area contributed by atoms with E-state index in [1.54, 1.807) is 18.2 Å². The van der Waals surface area contributed by atoms with E-state index >= 15 is 0 Å². The number of amidine groups is 1. The second-order valence-electron chi connectivity index (χ2n) is 3.07. The first-order valence-electron chi connectivity index (χ1n) is 4.19. The highest BCUT2D eigenvalue weighted by molar-refractivity contribution is 6.42. The number of nitrogens with two attached hydrogens (primary N) is 1. The third kappa shape index (κ3) is 1.91. The van der Waals surface area contributed by atoms with E-state index in [-0.39, 0.29) is 12.3 Å². The van der Waals surface area contributed by atoms with E-state index in [1.165, 1.54) is 5.01 Å². The molecule has 0 atom stereocenters. The first-order chi connectivity index (χ1) is 7.08. The molecule has 1 aromatic carbocycles. The van der Waals surface area contributed by atoms with Gasteiger partial charge in [0.05, 0.1) is 22.2 Å². The SMILES string of the molecule is NC1=NN(c2ccc(Cl)c(Cl)c2)C(=O)C1. The molecule has 0 aromatic heterocycles. The minimum atomic E-state index is -0.175. The highest BCUT2D eigenvalue weighted by atomic mass is 35.5. The van der Waals surface area contributed by atoms with Crippen molar-refractivity contribution in [2.24, 2.45) is 10.8 Å². The fraction of sp³-hybridized carbons (Fsp3) is 0.111. The average Bonchev–Trinajstić information content (AvgIpc) is 2.50. The number of amides is 1. The van der Waals surface area contributed by atoms with E-state index < -0.39 is 0 Å². The summed E-state index contributed by atoms with van der Waals surface area (Å²) in [4.78, 5) is 11.4. The summed E-state index contributed by atoms with van der Waals surface area (Å²) in [5, 5.41) is 5.92. The molecule has 2 N–H and O–H groups in total. The third-order valence-electron chi connectivity index (χ3n) is 1.94. The number of carbonyl (C=O) groups excluding carboxylic acids is 1. The van der Waals surface area contributed by atoms with E-state index in [0.29, 0.717) is 21.6 Å². The summed E-state index contributed by atoms with van der Waals surface area (Å²) in [5.41, 5.74) is 6.01. The number of anilines is 1. The van der Waals surface area contributed by atoms with Gasteiger partial charge in [0.2, 0.25) is 0 Å². The van der Waals surface area contributed by atoms with Crippen molar-refractivity contribution in [1.82, 2.24) is 0 Å². The Bertz CT molecular complexity index is 459. The Balaban J connectivity index is 2.38. The lowest BCUT2D eigenvalue weighted by Gasteiger charge is -2.11. The van der Waals surface area contributed by atoms with Crippen LogP contribution in [0.2, 0.25) is 10.0 Å². The van der Waals surface area contributed by atoms with Gasteiger partial charge in [0, 0.05) is 0 Å². The van der Waals surface area contributed by atoms with Crippen LogP contribution in [0.15, 0.2) is 23.3 Å². The van der Waals surface area contributed by atoms with Gasteiger partial charge in [-0.05, 0) is 18.2 Å². The van der Waals surface area contributed by atoms with Crippen LogP contribution in [0, 0.1) is 0 Å². The largest absolute Gasteiger partial charge is 0.385 e. The van der Waals surface area contributed by atoms with Crippen LogP contribution < -0.4 is 10.7 Å². The van der Waals surface area contributed by atoms with Crippen LogP contribution in [0.25, 0.3) is 0 Å². The number of rotatable bonds is 1. The van der Waals surface area contributed by atoms with Gasteiger partial charge < -0.3 is 5.73 Å². The molecule has 0 spiro atoms. The van der Waals surface area contributed by atoms with Crippen LogP contribution in [-0.2, 0) is 4.79 Å². The lowest BCUT2D eigenvalue weighted by atomic mass is 10.3. The van der Waals surface area contributed by atoms with Crippen molar-refractivity contribution in [1.29, 1.82) is 0 Å². The first kappa shape index (κ1) is 10.3. The van der Waals surface area contributed by atoms with E-state index in [9.17, 15) is 4.79 Å². The highest BCUT2D eigenvalue weighted by Gasteiger charge is 2.23. The predicted octanol–water partition coefficient (Wildman–Crippen LogP) is 2.00. The second kappa shape index (κ2) is 3.72. The summed E-state index contributed by atoms with van der Waals surface area (Å²) in [6.07, 6.45) is 0.139. The molecule has 1 amide bonds. The summed E-state index contributed by atoms with van der Waals surface area (Å²) in [6, 6.07) is 4.84. The number of hydrogen-bond donors (Lipinski definition) is 1. The molecule has 2 rings (SSSR count). The Morgan fingerprint density at radius 3 is 2.60 bits per heavy atom. The number of hydrogen-bond acceptors (Lipinski definition) is 3. The van der Waals surface area contributed by atoms with Gasteiger partial charge >= 0.3 is 0 Å². The van der Waals surface area contributed by atoms with Crippen LogP contribution >= 0.6 is 23.2 Å². The highest BCUT2D eigenvalue weighted by Crippen LogP contribution is 2.28. The van der Waals surface area contributed by atoms with Crippen molar-refractivity contribution < 1.29 is 4.79 Å². The molecule has 0 saturated heterocycles. The van der Waals surface area contributed by atoms with Crippen LogP contribution in [0.5, 0.6) is 0 Å². The minimum Gasteiger partial charge on any atom is -0.385 e. The van der Waals surface area contributed by atoms with Crippen molar-refractivity contribution in [3.63, 3.8) is 0 Å². The molecular formula is C9H7Cl2N3O. The summed E-state index contributed by atoms with van der Waals surface area (Å²) in [5.74, 6) is 0.122. The van der Waals surface area contributed by atoms with E-state index in [4.69, 9.17) is 28.9 Å². The van der Waals surface area contributed by atoms with Crippen LogP contribution in [0.3, 0.4) is 0 Å².